The Kier molecular flexibility index (Phi) is 4.29. The monoisotopic (exact) mass is 452 g/mol. The van der Waals surface area contributed by atoms with Crippen LogP contribution in [0, 0.1) is 0 Å². The van der Waals surface area contributed by atoms with Gasteiger partial charge in [-0.2, -0.15) is 0 Å². The van der Waals surface area contributed by atoms with Crippen LogP contribution in [0.1, 0.15) is 16.0 Å². The van der Waals surface area contributed by atoms with E-state index in [1.54, 1.807) is 0 Å². The summed E-state index contributed by atoms with van der Waals surface area (Å²) in [6.07, 6.45) is 0. The summed E-state index contributed by atoms with van der Waals surface area (Å²) in [6, 6.07) is 21.2. The lowest BCUT2D eigenvalue weighted by molar-refractivity contribution is 1.19. The van der Waals surface area contributed by atoms with Crippen LogP contribution in [-0.2, 0) is 0 Å². The topological polar surface area (TPSA) is 0 Å². The van der Waals surface area contributed by atoms with Gasteiger partial charge in [0, 0.05) is 8.95 Å². The molecule has 0 nitrogen and oxygen atoms in total. The predicted octanol–water partition coefficient (Wildman–Crippen LogP) is 6.85. The van der Waals surface area contributed by atoms with Crippen LogP contribution in [0.5, 0.6) is 0 Å². The largest absolute Gasteiger partial charge is 0.0786 e. The molecule has 0 heterocycles. The first kappa shape index (κ1) is 14.3. The fourth-order valence-corrected chi connectivity index (χ4v) is 3.76. The zero-order valence-corrected chi connectivity index (χ0v) is 15.2. The number of rotatable bonds is 2. The van der Waals surface area contributed by atoms with Crippen molar-refractivity contribution < 1.29 is 0 Å². The summed E-state index contributed by atoms with van der Waals surface area (Å²) in [7, 11) is 0. The Hall–Kier alpha value is -0.640. The molecule has 0 aliphatic rings. The minimum Gasteiger partial charge on any atom is -0.0786 e. The van der Waals surface area contributed by atoms with Gasteiger partial charge in [-0.1, -0.05) is 90.3 Å². The number of fused-ring (bicyclic) bond motifs is 1. The molecule has 3 rings (SSSR count). The second kappa shape index (κ2) is 6.00. The minimum absolute atomic E-state index is 0.189. The highest BCUT2D eigenvalue weighted by molar-refractivity contribution is 9.11. The van der Waals surface area contributed by atoms with Gasteiger partial charge in [0.1, 0.15) is 0 Å². The molecule has 0 aliphatic heterocycles. The van der Waals surface area contributed by atoms with Crippen LogP contribution in [0.25, 0.3) is 10.8 Å². The Morgan fingerprint density at radius 1 is 0.700 bits per heavy atom. The van der Waals surface area contributed by atoms with Gasteiger partial charge in [0.15, 0.2) is 0 Å². The Morgan fingerprint density at radius 2 is 1.35 bits per heavy atom. The van der Waals surface area contributed by atoms with Gasteiger partial charge in [-0.3, -0.25) is 0 Å². The molecular formula is C17H11Br3. The third kappa shape index (κ3) is 2.72. The number of benzene rings is 3. The first-order chi connectivity index (χ1) is 9.66. The fraction of sp³-hybridized carbons (Fsp3) is 0.0588. The fourth-order valence-electron chi connectivity index (χ4n) is 2.32. The highest BCUT2D eigenvalue weighted by atomic mass is 79.9. The van der Waals surface area contributed by atoms with E-state index in [0.29, 0.717) is 0 Å². The first-order valence-corrected chi connectivity index (χ1v) is 8.73. The van der Waals surface area contributed by atoms with E-state index < -0.39 is 0 Å². The maximum atomic E-state index is 3.83. The Morgan fingerprint density at radius 3 is 2.05 bits per heavy atom. The van der Waals surface area contributed by atoms with Crippen molar-refractivity contribution in [1.82, 2.24) is 0 Å². The molecular weight excluding hydrogens is 444 g/mol. The van der Waals surface area contributed by atoms with E-state index in [2.05, 4.69) is 108 Å². The molecule has 20 heavy (non-hydrogen) atoms. The highest BCUT2D eigenvalue weighted by Crippen LogP contribution is 2.37. The normalized spacial score (nSPS) is 12.6. The van der Waals surface area contributed by atoms with Crippen LogP contribution in [0.4, 0.5) is 0 Å². The molecule has 0 radical (unpaired) electrons. The molecule has 1 atom stereocenters. The average Bonchev–Trinajstić information content (AvgIpc) is 2.48. The van der Waals surface area contributed by atoms with Gasteiger partial charge in [-0.25, -0.2) is 0 Å². The molecule has 0 aliphatic carbocycles. The van der Waals surface area contributed by atoms with Crippen molar-refractivity contribution in [3.8, 4) is 0 Å². The zero-order valence-electron chi connectivity index (χ0n) is 10.5. The minimum atomic E-state index is 0.189. The van der Waals surface area contributed by atoms with E-state index in [1.165, 1.54) is 21.9 Å². The first-order valence-electron chi connectivity index (χ1n) is 6.23. The van der Waals surface area contributed by atoms with Crippen LogP contribution in [0.2, 0.25) is 0 Å². The van der Waals surface area contributed by atoms with Gasteiger partial charge in [0.2, 0.25) is 0 Å². The molecule has 0 N–H and O–H groups in total. The van der Waals surface area contributed by atoms with Gasteiger partial charge >= 0.3 is 0 Å². The van der Waals surface area contributed by atoms with Gasteiger partial charge in [0.25, 0.3) is 0 Å². The zero-order chi connectivity index (χ0) is 14.1. The van der Waals surface area contributed by atoms with Crippen molar-refractivity contribution in [2.75, 3.05) is 0 Å². The molecule has 3 aromatic rings. The third-order valence-electron chi connectivity index (χ3n) is 3.34. The van der Waals surface area contributed by atoms with Crippen LogP contribution in [0.15, 0.2) is 69.6 Å². The van der Waals surface area contributed by atoms with E-state index in [9.17, 15) is 0 Å². The number of hydrogen-bond donors (Lipinski definition) is 0. The average molecular weight is 455 g/mol. The Balaban J connectivity index is 2.14. The van der Waals surface area contributed by atoms with E-state index in [-0.39, 0.29) is 4.83 Å². The second-order valence-corrected chi connectivity index (χ2v) is 7.28. The molecule has 0 spiro atoms. The van der Waals surface area contributed by atoms with Crippen molar-refractivity contribution >= 4 is 58.6 Å². The van der Waals surface area contributed by atoms with Crippen LogP contribution >= 0.6 is 47.8 Å². The van der Waals surface area contributed by atoms with Crippen molar-refractivity contribution in [1.29, 1.82) is 0 Å². The van der Waals surface area contributed by atoms with E-state index >= 15 is 0 Å². The molecule has 0 fully saturated rings. The lowest BCUT2D eigenvalue weighted by Gasteiger charge is -2.14. The summed E-state index contributed by atoms with van der Waals surface area (Å²) in [5, 5.41) is 2.51. The Labute approximate surface area is 143 Å². The third-order valence-corrected chi connectivity index (χ3v) is 5.58. The molecule has 0 amide bonds. The summed E-state index contributed by atoms with van der Waals surface area (Å²) < 4.78 is 2.23. The molecule has 3 aromatic carbocycles. The van der Waals surface area contributed by atoms with E-state index in [0.717, 1.165) is 8.95 Å². The molecule has 0 saturated heterocycles. The van der Waals surface area contributed by atoms with E-state index in [4.69, 9.17) is 0 Å². The standard InChI is InChI=1S/C17H11Br3/c18-12-7-5-11(6-8-12)17(20)15-9-10-16(19)14-4-2-1-3-13(14)15/h1-10,17H. The highest BCUT2D eigenvalue weighted by Gasteiger charge is 2.14. The second-order valence-electron chi connectivity index (χ2n) is 4.60. The van der Waals surface area contributed by atoms with Crippen molar-refractivity contribution in [2.24, 2.45) is 0 Å². The maximum Gasteiger partial charge on any atom is 0.0650 e. The molecule has 0 bridgehead atoms. The smallest absolute Gasteiger partial charge is 0.0650 e. The predicted molar refractivity (Wildman–Crippen MR) is 96.6 cm³/mol. The van der Waals surface area contributed by atoms with Gasteiger partial charge in [-0.05, 0) is 40.1 Å². The van der Waals surface area contributed by atoms with Crippen molar-refractivity contribution in [2.45, 2.75) is 4.83 Å². The Bertz CT molecular complexity index is 748. The molecule has 1 unspecified atom stereocenters. The van der Waals surface area contributed by atoms with Crippen molar-refractivity contribution in [3.63, 3.8) is 0 Å². The lowest BCUT2D eigenvalue weighted by atomic mass is 9.98. The summed E-state index contributed by atoms with van der Waals surface area (Å²) in [5.41, 5.74) is 2.53. The number of hydrogen-bond acceptors (Lipinski definition) is 0. The lowest BCUT2D eigenvalue weighted by Crippen LogP contribution is -1.94. The SMILES string of the molecule is Brc1ccc(C(Br)c2ccc(Br)c3ccccc23)cc1. The maximum absolute atomic E-state index is 3.83. The van der Waals surface area contributed by atoms with Crippen molar-refractivity contribution in [3.05, 3.63) is 80.7 Å². The van der Waals surface area contributed by atoms with Gasteiger partial charge in [0.05, 0.1) is 4.83 Å². The van der Waals surface area contributed by atoms with E-state index in [1.807, 2.05) is 0 Å². The summed E-state index contributed by atoms with van der Waals surface area (Å²) in [6.45, 7) is 0. The van der Waals surface area contributed by atoms with Crippen LogP contribution < -0.4 is 0 Å². The summed E-state index contributed by atoms with van der Waals surface area (Å²) in [5.74, 6) is 0. The number of halogens is 3. The summed E-state index contributed by atoms with van der Waals surface area (Å²) in [4.78, 5) is 0.189. The van der Waals surface area contributed by atoms with Gasteiger partial charge < -0.3 is 0 Å². The van der Waals surface area contributed by atoms with Gasteiger partial charge in [-0.15, -0.1) is 0 Å². The quantitative estimate of drug-likeness (QED) is 0.371. The van der Waals surface area contributed by atoms with Crippen LogP contribution in [0.3, 0.4) is 0 Å². The molecule has 3 heteroatoms. The molecule has 0 saturated carbocycles. The molecule has 100 valence electrons. The molecule has 0 aromatic heterocycles. The summed E-state index contributed by atoms with van der Waals surface area (Å²) >= 11 is 10.9. The van der Waals surface area contributed by atoms with Crippen LogP contribution in [-0.4, -0.2) is 0 Å². The number of alkyl halides is 1.